The Bertz CT molecular complexity index is 765. The lowest BCUT2D eigenvalue weighted by atomic mass is 10.2. The van der Waals surface area contributed by atoms with Crippen molar-refractivity contribution in [3.8, 4) is 0 Å². The van der Waals surface area contributed by atoms with Crippen LogP contribution in [-0.4, -0.2) is 22.3 Å². The van der Waals surface area contributed by atoms with E-state index in [0.717, 1.165) is 40.7 Å². The molecule has 0 saturated heterocycles. The first kappa shape index (κ1) is 13.8. The quantitative estimate of drug-likeness (QED) is 0.411. The van der Waals surface area contributed by atoms with E-state index in [1.165, 1.54) is 0 Å². The Morgan fingerprint density at radius 1 is 1.33 bits per heavy atom. The van der Waals surface area contributed by atoms with E-state index in [-0.39, 0.29) is 6.10 Å². The van der Waals surface area contributed by atoms with Crippen LogP contribution < -0.4 is 4.73 Å². The lowest BCUT2D eigenvalue weighted by molar-refractivity contribution is -0.575. The van der Waals surface area contributed by atoms with Crippen molar-refractivity contribution >= 4 is 21.9 Å². The molecule has 0 aliphatic rings. The van der Waals surface area contributed by atoms with Crippen molar-refractivity contribution < 1.29 is 9.47 Å². The summed E-state index contributed by atoms with van der Waals surface area (Å²) in [6.45, 7) is 5.62. The number of aryl methyl sites for hydroxylation is 1. The number of imidazole rings is 1. The van der Waals surface area contributed by atoms with Crippen LogP contribution in [0.5, 0.6) is 0 Å². The summed E-state index contributed by atoms with van der Waals surface area (Å²) >= 11 is 0. The molecular weight excluding hydrogens is 266 g/mol. The third-order valence-corrected chi connectivity index (χ3v) is 3.50. The van der Waals surface area contributed by atoms with Gasteiger partial charge in [-0.05, 0) is 26.3 Å². The fourth-order valence-electron chi connectivity index (χ4n) is 2.56. The van der Waals surface area contributed by atoms with Gasteiger partial charge in [0, 0.05) is 19.2 Å². The molecule has 0 atom stereocenters. The Hall–Kier alpha value is -2.14. The lowest BCUT2D eigenvalue weighted by Crippen LogP contribution is -2.26. The minimum absolute atomic E-state index is 0.254. The highest BCUT2D eigenvalue weighted by molar-refractivity contribution is 6.00. The van der Waals surface area contributed by atoms with Gasteiger partial charge in [0.1, 0.15) is 0 Å². The normalized spacial score (nSPS) is 11.8. The maximum absolute atomic E-state index is 12.0. The summed E-state index contributed by atoms with van der Waals surface area (Å²) in [5.41, 5.74) is 2.42. The number of hydrogen-bond donors (Lipinski definition) is 0. The minimum atomic E-state index is 0.254. The number of fused-ring (bicyclic) bond motifs is 3. The van der Waals surface area contributed by atoms with Gasteiger partial charge in [-0.3, -0.25) is 0 Å². The van der Waals surface area contributed by atoms with Gasteiger partial charge in [0.2, 0.25) is 11.7 Å². The topological polar surface area (TPSA) is 54.0 Å². The molecule has 0 unspecified atom stereocenters. The molecule has 0 fully saturated rings. The van der Waals surface area contributed by atoms with Crippen LogP contribution >= 0.6 is 0 Å². The van der Waals surface area contributed by atoms with Crippen molar-refractivity contribution in [2.75, 3.05) is 6.61 Å². The van der Waals surface area contributed by atoms with Crippen molar-refractivity contribution in [2.45, 2.75) is 32.9 Å². The number of ether oxygens (including phenoxy) is 1. The zero-order chi connectivity index (χ0) is 14.8. The van der Waals surface area contributed by atoms with Gasteiger partial charge in [-0.15, -0.1) is 0 Å². The Kier molecular flexibility index (Phi) is 3.75. The number of nitrogens with zero attached hydrogens (tertiary/aromatic N) is 3. The summed E-state index contributed by atoms with van der Waals surface area (Å²) in [5.74, 6) is 0. The predicted molar refractivity (Wildman–Crippen MR) is 81.9 cm³/mol. The van der Waals surface area contributed by atoms with Crippen molar-refractivity contribution in [3.05, 3.63) is 42.0 Å². The summed E-state index contributed by atoms with van der Waals surface area (Å²) in [6.07, 6.45) is 4.51. The molecule has 1 aromatic carbocycles. The number of benzene rings is 1. The first-order valence-electron chi connectivity index (χ1n) is 7.24. The standard InChI is InChI=1S/C16H19N3O2/c1-12(2)21-9-5-8-18-11-17-14-10-19(20)15-7-4-3-6-13(15)16(14)18/h3-4,6-7,10-12H,5,8-9H2,1-2H3. The fraction of sp³-hybridized carbons (Fsp3) is 0.375. The minimum Gasteiger partial charge on any atom is -0.618 e. The van der Waals surface area contributed by atoms with Crippen LogP contribution in [0.2, 0.25) is 0 Å². The molecule has 0 radical (unpaired) electrons. The molecule has 3 aromatic rings. The van der Waals surface area contributed by atoms with Crippen LogP contribution in [0.1, 0.15) is 20.3 Å². The number of pyridine rings is 1. The second-order valence-corrected chi connectivity index (χ2v) is 5.42. The van der Waals surface area contributed by atoms with Gasteiger partial charge >= 0.3 is 0 Å². The summed E-state index contributed by atoms with van der Waals surface area (Å²) in [4.78, 5) is 4.34. The van der Waals surface area contributed by atoms with E-state index in [1.807, 2.05) is 38.1 Å². The monoisotopic (exact) mass is 285 g/mol. The zero-order valence-corrected chi connectivity index (χ0v) is 12.3. The summed E-state index contributed by atoms with van der Waals surface area (Å²) in [6, 6.07) is 7.62. The Morgan fingerprint density at radius 3 is 2.95 bits per heavy atom. The molecule has 0 bridgehead atoms. The second kappa shape index (κ2) is 5.69. The van der Waals surface area contributed by atoms with Crippen LogP contribution in [0.3, 0.4) is 0 Å². The van der Waals surface area contributed by atoms with Gasteiger partial charge in [-0.2, -0.15) is 4.73 Å². The maximum atomic E-state index is 12.0. The van der Waals surface area contributed by atoms with Crippen LogP contribution in [-0.2, 0) is 11.3 Å². The van der Waals surface area contributed by atoms with E-state index in [1.54, 1.807) is 12.5 Å². The Labute approximate surface area is 123 Å². The molecule has 2 heterocycles. The number of para-hydroxylation sites is 1. The van der Waals surface area contributed by atoms with E-state index >= 15 is 0 Å². The van der Waals surface area contributed by atoms with E-state index in [4.69, 9.17) is 4.74 Å². The average Bonchev–Trinajstić information content (AvgIpc) is 2.87. The SMILES string of the molecule is CC(C)OCCCn1cnc2c[n+]([O-])c3ccccc3c21. The van der Waals surface area contributed by atoms with Crippen LogP contribution in [0.4, 0.5) is 0 Å². The molecule has 5 heteroatoms. The summed E-state index contributed by atoms with van der Waals surface area (Å²) < 4.78 is 8.56. The van der Waals surface area contributed by atoms with E-state index < -0.39 is 0 Å². The molecular formula is C16H19N3O2. The molecule has 0 aliphatic carbocycles. The van der Waals surface area contributed by atoms with E-state index in [9.17, 15) is 5.21 Å². The van der Waals surface area contributed by atoms with Crippen molar-refractivity contribution in [3.63, 3.8) is 0 Å². The number of hydrogen-bond acceptors (Lipinski definition) is 3. The molecule has 0 N–H and O–H groups in total. The average molecular weight is 285 g/mol. The first-order chi connectivity index (χ1) is 10.2. The molecule has 21 heavy (non-hydrogen) atoms. The highest BCUT2D eigenvalue weighted by atomic mass is 16.5. The molecule has 0 saturated carbocycles. The third-order valence-electron chi connectivity index (χ3n) is 3.50. The maximum Gasteiger partial charge on any atom is 0.226 e. The van der Waals surface area contributed by atoms with Gasteiger partial charge in [0.05, 0.1) is 23.3 Å². The van der Waals surface area contributed by atoms with Crippen LogP contribution in [0.15, 0.2) is 36.8 Å². The molecule has 0 amide bonds. The highest BCUT2D eigenvalue weighted by Crippen LogP contribution is 2.21. The Balaban J connectivity index is 1.95. The Morgan fingerprint density at radius 2 is 2.14 bits per heavy atom. The van der Waals surface area contributed by atoms with Crippen LogP contribution in [0.25, 0.3) is 21.9 Å². The molecule has 0 spiro atoms. The second-order valence-electron chi connectivity index (χ2n) is 5.42. The van der Waals surface area contributed by atoms with E-state index in [0.29, 0.717) is 5.52 Å². The van der Waals surface area contributed by atoms with Crippen molar-refractivity contribution in [1.82, 2.24) is 9.55 Å². The molecule has 5 nitrogen and oxygen atoms in total. The lowest BCUT2D eigenvalue weighted by Gasteiger charge is -2.09. The highest BCUT2D eigenvalue weighted by Gasteiger charge is 2.13. The van der Waals surface area contributed by atoms with Gasteiger partial charge in [-0.25, -0.2) is 4.98 Å². The van der Waals surface area contributed by atoms with Crippen molar-refractivity contribution in [2.24, 2.45) is 0 Å². The van der Waals surface area contributed by atoms with E-state index in [2.05, 4.69) is 9.55 Å². The molecule has 0 aliphatic heterocycles. The van der Waals surface area contributed by atoms with Gasteiger partial charge < -0.3 is 14.5 Å². The smallest absolute Gasteiger partial charge is 0.226 e. The van der Waals surface area contributed by atoms with Gasteiger partial charge in [0.25, 0.3) is 0 Å². The third kappa shape index (κ3) is 2.69. The number of aromatic nitrogens is 3. The van der Waals surface area contributed by atoms with Gasteiger partial charge in [0.15, 0.2) is 5.52 Å². The number of rotatable bonds is 5. The molecule has 2 aromatic heterocycles. The van der Waals surface area contributed by atoms with Crippen LogP contribution in [0, 0.1) is 5.21 Å². The molecule has 110 valence electrons. The fourth-order valence-corrected chi connectivity index (χ4v) is 2.56. The zero-order valence-electron chi connectivity index (χ0n) is 12.3. The van der Waals surface area contributed by atoms with Gasteiger partial charge in [-0.1, -0.05) is 12.1 Å². The largest absolute Gasteiger partial charge is 0.618 e. The summed E-state index contributed by atoms with van der Waals surface area (Å²) in [5, 5.41) is 12.9. The first-order valence-corrected chi connectivity index (χ1v) is 7.24. The molecule has 3 rings (SSSR count). The summed E-state index contributed by atoms with van der Waals surface area (Å²) in [7, 11) is 0. The van der Waals surface area contributed by atoms with Crippen molar-refractivity contribution in [1.29, 1.82) is 0 Å². The predicted octanol–water partition coefficient (Wildman–Crippen LogP) is 2.64.